The van der Waals surface area contributed by atoms with E-state index in [1.54, 1.807) is 4.31 Å². The van der Waals surface area contributed by atoms with Crippen molar-refractivity contribution in [2.24, 2.45) is 0 Å². The van der Waals surface area contributed by atoms with Gasteiger partial charge in [-0.1, -0.05) is 13.8 Å². The van der Waals surface area contributed by atoms with Crippen LogP contribution in [0.25, 0.3) is 0 Å². The Morgan fingerprint density at radius 3 is 1.59 bits per heavy atom. The standard InChI is InChI=1S/C8H17NO2S.C7H15N.C2H6O2S.I2/c1-4-8-6-5-7(2)9(8)12(3,10)11;1-3-7-5-4-6(2)8-7;1-5(2,3)4;1-2/h7-8H,4-6H2,1-3H3;6-8H,3-5H2,1-2H3;1-2H3;. The number of halogens is 2. The molecule has 0 radical (unpaired) electrons. The summed E-state index contributed by atoms with van der Waals surface area (Å²) in [7, 11) is -5.65. The van der Waals surface area contributed by atoms with Crippen LogP contribution in [0.1, 0.15) is 66.2 Å². The zero-order chi connectivity index (χ0) is 21.8. The SMILES string of the molecule is CCC1CCC(C)N1.CCC1CCC(C)N1S(C)(=O)=O.CS(C)(=O)=O.II. The fourth-order valence-corrected chi connectivity index (χ4v) is 4.93. The summed E-state index contributed by atoms with van der Waals surface area (Å²) in [6.07, 6.45) is 10.6. The predicted molar refractivity (Wildman–Crippen MR) is 134 cm³/mol. The highest BCUT2D eigenvalue weighted by Crippen LogP contribution is 2.28. The van der Waals surface area contributed by atoms with Crippen LogP contribution in [0.2, 0.25) is 0 Å². The lowest BCUT2D eigenvalue weighted by molar-refractivity contribution is 0.331. The molecular formula is C17H38I2N2O4S2. The van der Waals surface area contributed by atoms with Gasteiger partial charge >= 0.3 is 0 Å². The molecule has 2 saturated heterocycles. The average Bonchev–Trinajstić information content (AvgIpc) is 3.13. The number of nitrogens with one attached hydrogen (secondary N) is 1. The van der Waals surface area contributed by atoms with Crippen LogP contribution in [-0.4, -0.2) is 64.1 Å². The van der Waals surface area contributed by atoms with Gasteiger partial charge in [0.1, 0.15) is 9.84 Å². The molecule has 2 heterocycles. The first-order valence-electron chi connectivity index (χ1n) is 9.33. The molecule has 4 unspecified atom stereocenters. The van der Waals surface area contributed by atoms with E-state index in [9.17, 15) is 16.8 Å². The van der Waals surface area contributed by atoms with Gasteiger partial charge in [-0.2, -0.15) is 4.31 Å². The summed E-state index contributed by atoms with van der Waals surface area (Å²) in [6.45, 7) is 8.53. The topological polar surface area (TPSA) is 83.6 Å². The highest BCUT2D eigenvalue weighted by atomic mass is 128. The van der Waals surface area contributed by atoms with E-state index in [-0.39, 0.29) is 12.1 Å². The first-order valence-corrected chi connectivity index (χ1v) is 19.8. The monoisotopic (exact) mass is 652 g/mol. The van der Waals surface area contributed by atoms with Crippen LogP contribution >= 0.6 is 37.2 Å². The van der Waals surface area contributed by atoms with E-state index in [1.165, 1.54) is 25.5 Å². The van der Waals surface area contributed by atoms with E-state index >= 15 is 0 Å². The molecule has 27 heavy (non-hydrogen) atoms. The molecule has 0 aromatic rings. The van der Waals surface area contributed by atoms with Gasteiger partial charge in [0.2, 0.25) is 10.0 Å². The van der Waals surface area contributed by atoms with Crippen molar-refractivity contribution in [2.75, 3.05) is 18.8 Å². The zero-order valence-corrected chi connectivity index (χ0v) is 23.7. The molecule has 166 valence electrons. The molecule has 6 nitrogen and oxygen atoms in total. The van der Waals surface area contributed by atoms with E-state index in [0.29, 0.717) is 0 Å². The summed E-state index contributed by atoms with van der Waals surface area (Å²) < 4.78 is 43.6. The van der Waals surface area contributed by atoms with Crippen LogP contribution in [0.15, 0.2) is 0 Å². The van der Waals surface area contributed by atoms with Crippen molar-refractivity contribution < 1.29 is 16.8 Å². The molecule has 0 bridgehead atoms. The van der Waals surface area contributed by atoms with Crippen molar-refractivity contribution in [1.82, 2.24) is 9.62 Å². The smallest absolute Gasteiger partial charge is 0.211 e. The van der Waals surface area contributed by atoms with Gasteiger partial charge in [0.05, 0.1) is 6.26 Å². The molecule has 0 saturated carbocycles. The molecule has 4 atom stereocenters. The van der Waals surface area contributed by atoms with Crippen LogP contribution < -0.4 is 5.32 Å². The van der Waals surface area contributed by atoms with Crippen LogP contribution in [0.3, 0.4) is 0 Å². The van der Waals surface area contributed by atoms with Gasteiger partial charge in [-0.25, -0.2) is 16.8 Å². The maximum absolute atomic E-state index is 11.3. The molecule has 0 aliphatic carbocycles. The molecule has 0 aromatic heterocycles. The maximum Gasteiger partial charge on any atom is 0.211 e. The Labute approximate surface area is 191 Å². The number of hydrogen-bond donors (Lipinski definition) is 1. The Balaban J connectivity index is 0. The van der Waals surface area contributed by atoms with E-state index in [1.807, 2.05) is 13.8 Å². The molecule has 2 aliphatic rings. The Hall–Kier alpha value is 1.28. The van der Waals surface area contributed by atoms with Crippen molar-refractivity contribution in [3.63, 3.8) is 0 Å². The van der Waals surface area contributed by atoms with Gasteiger partial charge in [0, 0.05) is 73.9 Å². The van der Waals surface area contributed by atoms with Gasteiger partial charge in [-0.15, -0.1) is 0 Å². The predicted octanol–water partition coefficient (Wildman–Crippen LogP) is 4.18. The number of hydrogen-bond acceptors (Lipinski definition) is 5. The number of nitrogens with zero attached hydrogens (tertiary/aromatic N) is 1. The molecule has 2 rings (SSSR count). The zero-order valence-electron chi connectivity index (χ0n) is 17.7. The molecular weight excluding hydrogens is 614 g/mol. The minimum Gasteiger partial charge on any atom is -0.312 e. The first-order chi connectivity index (χ1) is 12.3. The largest absolute Gasteiger partial charge is 0.312 e. The van der Waals surface area contributed by atoms with Crippen LogP contribution in [0.5, 0.6) is 0 Å². The molecule has 0 spiro atoms. The average molecular weight is 652 g/mol. The highest BCUT2D eigenvalue weighted by molar-refractivity contribution is 15.0. The molecule has 0 amide bonds. The summed E-state index contributed by atoms with van der Waals surface area (Å²) in [4.78, 5) is 0. The summed E-state index contributed by atoms with van der Waals surface area (Å²) >= 11 is 4.24. The minimum absolute atomic E-state index is 0.199. The van der Waals surface area contributed by atoms with Crippen LogP contribution in [-0.2, 0) is 19.9 Å². The van der Waals surface area contributed by atoms with Gasteiger partial charge < -0.3 is 5.32 Å². The van der Waals surface area contributed by atoms with Crippen molar-refractivity contribution >= 4 is 57.1 Å². The maximum atomic E-state index is 11.3. The molecule has 0 aromatic carbocycles. The van der Waals surface area contributed by atoms with Crippen molar-refractivity contribution in [3.05, 3.63) is 0 Å². The third-order valence-corrected chi connectivity index (χ3v) is 5.95. The molecule has 1 N–H and O–H groups in total. The van der Waals surface area contributed by atoms with Gasteiger partial charge in [-0.3, -0.25) is 0 Å². The lowest BCUT2D eigenvalue weighted by atomic mass is 10.2. The van der Waals surface area contributed by atoms with Gasteiger partial charge in [-0.05, 0) is 52.4 Å². The molecule has 10 heteroatoms. The van der Waals surface area contributed by atoms with E-state index < -0.39 is 19.9 Å². The van der Waals surface area contributed by atoms with Crippen LogP contribution in [0.4, 0.5) is 0 Å². The highest BCUT2D eigenvalue weighted by Gasteiger charge is 2.35. The number of sulfonamides is 1. The Kier molecular flexibility index (Phi) is 17.1. The normalized spacial score (nSPS) is 28.2. The Morgan fingerprint density at radius 2 is 1.37 bits per heavy atom. The van der Waals surface area contributed by atoms with E-state index in [2.05, 4.69) is 56.4 Å². The minimum atomic E-state index is -2.98. The van der Waals surface area contributed by atoms with Crippen LogP contribution in [0, 0.1) is 0 Å². The number of sulfone groups is 1. The van der Waals surface area contributed by atoms with Crippen molar-refractivity contribution in [1.29, 1.82) is 0 Å². The quantitative estimate of drug-likeness (QED) is 0.463. The number of rotatable bonds is 3. The summed E-state index contributed by atoms with van der Waals surface area (Å²) in [6, 6.07) is 2.05. The summed E-state index contributed by atoms with van der Waals surface area (Å²) in [5.41, 5.74) is 0. The summed E-state index contributed by atoms with van der Waals surface area (Å²) in [5.74, 6) is 0. The lowest BCUT2D eigenvalue weighted by Gasteiger charge is -2.24. The van der Waals surface area contributed by atoms with Gasteiger partial charge in [0.25, 0.3) is 0 Å². The summed E-state index contributed by atoms with van der Waals surface area (Å²) in [5, 5.41) is 3.50. The second-order valence-corrected chi connectivity index (χ2v) is 11.6. The second kappa shape index (κ2) is 15.1. The fraction of sp³-hybridized carbons (Fsp3) is 1.00. The van der Waals surface area contributed by atoms with Crippen molar-refractivity contribution in [3.8, 4) is 0 Å². The second-order valence-electron chi connectivity index (χ2n) is 7.47. The molecule has 2 fully saturated rings. The molecule has 2 aliphatic heterocycles. The Bertz CT molecular complexity index is 578. The first kappa shape index (κ1) is 30.5. The van der Waals surface area contributed by atoms with Crippen molar-refractivity contribution in [2.45, 2.75) is 90.4 Å². The third-order valence-electron chi connectivity index (χ3n) is 4.53. The fourth-order valence-electron chi connectivity index (χ4n) is 3.37. The Morgan fingerprint density at radius 1 is 0.889 bits per heavy atom. The van der Waals surface area contributed by atoms with Gasteiger partial charge in [0.15, 0.2) is 0 Å². The third kappa shape index (κ3) is 15.7. The lowest BCUT2D eigenvalue weighted by Crippen LogP contribution is -2.38. The van der Waals surface area contributed by atoms with E-state index in [0.717, 1.165) is 43.9 Å². The van der Waals surface area contributed by atoms with E-state index in [4.69, 9.17) is 0 Å².